The number of carbonyl (C=O) groups excluding carboxylic acids is 1. The molecular weight excluding hydrogens is 302 g/mol. The first-order chi connectivity index (χ1) is 10.9. The zero-order chi connectivity index (χ0) is 17.0. The Kier molecular flexibility index (Phi) is 4.89. The number of rotatable bonds is 5. The molecule has 122 valence electrons. The van der Waals surface area contributed by atoms with E-state index >= 15 is 0 Å². The van der Waals surface area contributed by atoms with Crippen LogP contribution in [0, 0.1) is 24.0 Å². The Morgan fingerprint density at radius 1 is 1.48 bits per heavy atom. The summed E-state index contributed by atoms with van der Waals surface area (Å²) >= 11 is 0. The number of anilines is 1. The first-order valence-corrected chi connectivity index (χ1v) is 6.96. The monoisotopic (exact) mass is 319 g/mol. The molecule has 0 aliphatic heterocycles. The van der Waals surface area contributed by atoms with Gasteiger partial charge in [0.15, 0.2) is 0 Å². The van der Waals surface area contributed by atoms with Gasteiger partial charge in [-0.1, -0.05) is 12.1 Å². The van der Waals surface area contributed by atoms with E-state index in [1.807, 2.05) is 20.8 Å². The summed E-state index contributed by atoms with van der Waals surface area (Å²) in [4.78, 5) is 25.9. The van der Waals surface area contributed by atoms with Gasteiger partial charge in [-0.2, -0.15) is 0 Å². The lowest BCUT2D eigenvalue weighted by Gasteiger charge is -2.13. The van der Waals surface area contributed by atoms with E-state index < -0.39 is 11.0 Å². The van der Waals surface area contributed by atoms with Crippen molar-refractivity contribution in [3.63, 3.8) is 0 Å². The number of hydrogen-bond donors (Lipinski definition) is 2. The molecule has 9 heteroatoms. The van der Waals surface area contributed by atoms with Crippen LogP contribution in [0.15, 0.2) is 23.0 Å². The van der Waals surface area contributed by atoms with Crippen LogP contribution in [-0.4, -0.2) is 27.6 Å². The minimum Gasteiger partial charge on any atom is -0.361 e. The highest BCUT2D eigenvalue weighted by molar-refractivity contribution is 5.91. The number of nitrogens with zero attached hydrogens (tertiary/aromatic N) is 3. The molecular formula is C14H17N5O4. The summed E-state index contributed by atoms with van der Waals surface area (Å²) in [5, 5.41) is 19.9. The van der Waals surface area contributed by atoms with Gasteiger partial charge in [0.1, 0.15) is 17.6 Å². The molecule has 1 unspecified atom stereocenters. The first kappa shape index (κ1) is 16.4. The molecule has 2 amide bonds. The van der Waals surface area contributed by atoms with Crippen LogP contribution in [0.2, 0.25) is 0 Å². The molecule has 0 aromatic carbocycles. The van der Waals surface area contributed by atoms with Crippen LogP contribution in [0.4, 0.5) is 16.2 Å². The summed E-state index contributed by atoms with van der Waals surface area (Å²) in [7, 11) is 0. The molecule has 0 spiro atoms. The average molecular weight is 319 g/mol. The summed E-state index contributed by atoms with van der Waals surface area (Å²) in [5.74, 6) is 0.710. The number of urea groups is 1. The minimum absolute atomic E-state index is 0.000532. The van der Waals surface area contributed by atoms with Crippen LogP contribution in [0.25, 0.3) is 0 Å². The quantitative estimate of drug-likeness (QED) is 0.644. The number of nitrogens with one attached hydrogen (secondary N) is 2. The van der Waals surface area contributed by atoms with Gasteiger partial charge in [-0.15, -0.1) is 0 Å². The molecule has 2 aromatic heterocycles. The van der Waals surface area contributed by atoms with Crippen LogP contribution in [-0.2, 0) is 0 Å². The van der Waals surface area contributed by atoms with E-state index in [0.717, 1.165) is 17.5 Å². The van der Waals surface area contributed by atoms with Crippen molar-refractivity contribution in [1.29, 1.82) is 0 Å². The third-order valence-electron chi connectivity index (χ3n) is 3.40. The van der Waals surface area contributed by atoms with E-state index in [-0.39, 0.29) is 17.3 Å². The summed E-state index contributed by atoms with van der Waals surface area (Å²) < 4.78 is 5.10. The third kappa shape index (κ3) is 3.82. The lowest BCUT2D eigenvalue weighted by molar-refractivity contribution is -0.384. The summed E-state index contributed by atoms with van der Waals surface area (Å²) in [6, 6.07) is 0.841. The predicted molar refractivity (Wildman–Crippen MR) is 82.3 cm³/mol. The lowest BCUT2D eigenvalue weighted by Crippen LogP contribution is -2.32. The first-order valence-electron chi connectivity index (χ1n) is 6.96. The Labute approximate surface area is 132 Å². The maximum Gasteiger partial charge on any atom is 0.319 e. The van der Waals surface area contributed by atoms with Gasteiger partial charge >= 0.3 is 11.7 Å². The van der Waals surface area contributed by atoms with Crippen molar-refractivity contribution in [2.24, 2.45) is 0 Å². The zero-order valence-electron chi connectivity index (χ0n) is 13.0. The second-order valence-corrected chi connectivity index (χ2v) is 5.12. The van der Waals surface area contributed by atoms with Crippen molar-refractivity contribution in [2.75, 3.05) is 11.9 Å². The van der Waals surface area contributed by atoms with Crippen molar-refractivity contribution in [1.82, 2.24) is 15.5 Å². The zero-order valence-corrected chi connectivity index (χ0v) is 13.0. The number of pyridine rings is 1. The minimum atomic E-state index is -0.602. The van der Waals surface area contributed by atoms with Crippen LogP contribution >= 0.6 is 0 Å². The SMILES string of the molecule is Cc1noc(C)c1C(C)CNC(=O)Nc1ccncc1[N+](=O)[O-]. The maximum atomic E-state index is 11.9. The molecule has 1 atom stereocenters. The smallest absolute Gasteiger partial charge is 0.319 e. The van der Waals surface area contributed by atoms with E-state index in [1.54, 1.807) is 0 Å². The Balaban J connectivity index is 1.97. The second kappa shape index (κ2) is 6.86. The molecule has 2 rings (SSSR count). The molecule has 2 aromatic rings. The molecule has 0 saturated heterocycles. The van der Waals surface area contributed by atoms with Crippen molar-refractivity contribution in [2.45, 2.75) is 26.7 Å². The van der Waals surface area contributed by atoms with Crippen LogP contribution in [0.3, 0.4) is 0 Å². The summed E-state index contributed by atoms with van der Waals surface area (Å²) in [6.07, 6.45) is 2.46. The normalized spacial score (nSPS) is 11.8. The van der Waals surface area contributed by atoms with E-state index in [1.165, 1.54) is 12.3 Å². The van der Waals surface area contributed by atoms with E-state index in [4.69, 9.17) is 4.52 Å². The standard InChI is InChI=1S/C14H17N5O4/c1-8(13-9(2)18-23-10(13)3)6-16-14(20)17-11-4-5-15-7-12(11)19(21)22/h4-5,7-8H,6H2,1-3H3,(H2,15,16,17,20). The molecule has 0 fully saturated rings. The highest BCUT2D eigenvalue weighted by atomic mass is 16.6. The lowest BCUT2D eigenvalue weighted by atomic mass is 10.00. The third-order valence-corrected chi connectivity index (χ3v) is 3.40. The van der Waals surface area contributed by atoms with E-state index in [2.05, 4.69) is 20.8 Å². The van der Waals surface area contributed by atoms with Gasteiger partial charge in [0, 0.05) is 24.2 Å². The van der Waals surface area contributed by atoms with Crippen molar-refractivity contribution in [3.8, 4) is 0 Å². The molecule has 2 N–H and O–H groups in total. The molecule has 9 nitrogen and oxygen atoms in total. The van der Waals surface area contributed by atoms with Crippen LogP contribution in [0.1, 0.15) is 29.9 Å². The molecule has 2 heterocycles. The highest BCUT2D eigenvalue weighted by Gasteiger charge is 2.19. The summed E-state index contributed by atoms with van der Waals surface area (Å²) in [6.45, 7) is 5.92. The van der Waals surface area contributed by atoms with Gasteiger partial charge in [-0.25, -0.2) is 4.79 Å². The van der Waals surface area contributed by atoms with Crippen LogP contribution < -0.4 is 10.6 Å². The second-order valence-electron chi connectivity index (χ2n) is 5.12. The maximum absolute atomic E-state index is 11.9. The fourth-order valence-corrected chi connectivity index (χ4v) is 2.35. The average Bonchev–Trinajstić information content (AvgIpc) is 2.84. The van der Waals surface area contributed by atoms with Crippen LogP contribution in [0.5, 0.6) is 0 Å². The number of nitro groups is 1. The van der Waals surface area contributed by atoms with E-state index in [9.17, 15) is 14.9 Å². The molecule has 23 heavy (non-hydrogen) atoms. The Morgan fingerprint density at radius 2 is 2.22 bits per heavy atom. The van der Waals surface area contributed by atoms with E-state index in [0.29, 0.717) is 12.3 Å². The van der Waals surface area contributed by atoms with Gasteiger partial charge in [-0.3, -0.25) is 15.1 Å². The Morgan fingerprint density at radius 3 is 2.83 bits per heavy atom. The molecule has 0 saturated carbocycles. The van der Waals surface area contributed by atoms with Crippen molar-refractivity contribution < 1.29 is 14.2 Å². The molecule has 0 aliphatic carbocycles. The van der Waals surface area contributed by atoms with Crippen molar-refractivity contribution in [3.05, 3.63) is 45.6 Å². The number of aryl methyl sites for hydroxylation is 2. The molecule has 0 aliphatic rings. The highest BCUT2D eigenvalue weighted by Crippen LogP contribution is 2.23. The van der Waals surface area contributed by atoms with Gasteiger partial charge in [0.05, 0.1) is 10.6 Å². The molecule has 0 bridgehead atoms. The number of aromatic nitrogens is 2. The topological polar surface area (TPSA) is 123 Å². The predicted octanol–water partition coefficient (Wildman–Crippen LogP) is 2.52. The number of amides is 2. The Bertz CT molecular complexity index is 708. The fraction of sp³-hybridized carbons (Fsp3) is 0.357. The summed E-state index contributed by atoms with van der Waals surface area (Å²) in [5.41, 5.74) is 1.55. The fourth-order valence-electron chi connectivity index (χ4n) is 2.35. The van der Waals surface area contributed by atoms with Gasteiger partial charge in [-0.05, 0) is 19.9 Å². The van der Waals surface area contributed by atoms with Gasteiger partial charge in [0.2, 0.25) is 0 Å². The number of carbonyl (C=O) groups is 1. The van der Waals surface area contributed by atoms with Gasteiger partial charge < -0.3 is 15.2 Å². The largest absolute Gasteiger partial charge is 0.361 e. The van der Waals surface area contributed by atoms with Crippen molar-refractivity contribution >= 4 is 17.4 Å². The number of hydrogen-bond acceptors (Lipinski definition) is 6. The van der Waals surface area contributed by atoms with Gasteiger partial charge in [0.25, 0.3) is 0 Å². The Hall–Kier alpha value is -2.97. The molecule has 0 radical (unpaired) electrons.